The average molecular weight is 213 g/mol. The molecule has 0 aliphatic heterocycles. The van der Waals surface area contributed by atoms with Crippen LogP contribution in [-0.2, 0) is 4.79 Å². The van der Waals surface area contributed by atoms with Gasteiger partial charge in [-0.2, -0.15) is 0 Å². The molecule has 14 heavy (non-hydrogen) atoms. The van der Waals surface area contributed by atoms with Crippen molar-refractivity contribution in [2.24, 2.45) is 5.16 Å². The predicted molar refractivity (Wildman–Crippen MR) is 55.1 cm³/mol. The Kier molecular flexibility index (Phi) is 3.48. The van der Waals surface area contributed by atoms with Crippen molar-refractivity contribution in [2.75, 3.05) is 5.32 Å². The molecule has 74 valence electrons. The van der Waals surface area contributed by atoms with E-state index in [1.165, 1.54) is 0 Å². The first-order valence-corrected chi connectivity index (χ1v) is 4.26. The van der Waals surface area contributed by atoms with Crippen molar-refractivity contribution in [3.05, 3.63) is 28.8 Å². The van der Waals surface area contributed by atoms with Crippen molar-refractivity contribution < 1.29 is 10.0 Å². The molecule has 1 aromatic rings. The first kappa shape index (κ1) is 10.5. The molecule has 0 aliphatic rings. The summed E-state index contributed by atoms with van der Waals surface area (Å²) in [6.07, 6.45) is 0.772. The zero-order valence-electron chi connectivity index (χ0n) is 7.49. The van der Waals surface area contributed by atoms with Crippen LogP contribution >= 0.6 is 11.6 Å². The van der Waals surface area contributed by atoms with E-state index in [0.717, 1.165) is 11.8 Å². The molecule has 0 heterocycles. The number of nitrogens with zero attached hydrogens (tertiary/aromatic N) is 1. The maximum absolute atomic E-state index is 10.9. The SMILES string of the molecule is Cc1ccc(NC(=O)C=NO)cc1Cl. The minimum atomic E-state index is -0.507. The Morgan fingerprint density at radius 3 is 2.93 bits per heavy atom. The van der Waals surface area contributed by atoms with Crippen LogP contribution in [0.15, 0.2) is 23.4 Å². The number of hydrogen-bond donors (Lipinski definition) is 2. The Morgan fingerprint density at radius 2 is 2.36 bits per heavy atom. The van der Waals surface area contributed by atoms with Gasteiger partial charge in [0.15, 0.2) is 0 Å². The molecule has 0 spiro atoms. The second kappa shape index (κ2) is 4.62. The number of rotatable bonds is 2. The standard InChI is InChI=1S/C9H9ClN2O2/c1-6-2-3-7(4-8(6)10)12-9(13)5-11-14/h2-5,14H,1H3,(H,12,13). The highest BCUT2D eigenvalue weighted by Crippen LogP contribution is 2.19. The lowest BCUT2D eigenvalue weighted by atomic mass is 10.2. The Hall–Kier alpha value is -1.55. The molecule has 0 unspecified atom stereocenters. The van der Waals surface area contributed by atoms with Crippen LogP contribution in [0.4, 0.5) is 5.69 Å². The fourth-order valence-corrected chi connectivity index (χ4v) is 1.08. The van der Waals surface area contributed by atoms with Gasteiger partial charge in [0.25, 0.3) is 5.91 Å². The molecule has 0 aliphatic carbocycles. The van der Waals surface area contributed by atoms with Gasteiger partial charge in [-0.3, -0.25) is 4.79 Å². The Balaban J connectivity index is 2.78. The number of carbonyl (C=O) groups is 1. The molecule has 1 rings (SSSR count). The molecule has 5 heteroatoms. The fraction of sp³-hybridized carbons (Fsp3) is 0.111. The smallest absolute Gasteiger partial charge is 0.270 e. The van der Waals surface area contributed by atoms with Crippen molar-refractivity contribution in [2.45, 2.75) is 6.92 Å². The minimum Gasteiger partial charge on any atom is -0.411 e. The van der Waals surface area contributed by atoms with Gasteiger partial charge in [-0.15, -0.1) is 0 Å². The lowest BCUT2D eigenvalue weighted by Gasteiger charge is -2.03. The summed E-state index contributed by atoms with van der Waals surface area (Å²) < 4.78 is 0. The van der Waals surface area contributed by atoms with E-state index in [1.54, 1.807) is 18.2 Å². The van der Waals surface area contributed by atoms with Crippen LogP contribution in [0.25, 0.3) is 0 Å². The van der Waals surface area contributed by atoms with Crippen LogP contribution in [-0.4, -0.2) is 17.3 Å². The van der Waals surface area contributed by atoms with Gasteiger partial charge in [0.2, 0.25) is 0 Å². The van der Waals surface area contributed by atoms with E-state index in [2.05, 4.69) is 10.5 Å². The number of carbonyl (C=O) groups excluding carboxylic acids is 1. The third kappa shape index (κ3) is 2.74. The second-order valence-corrected chi connectivity index (χ2v) is 3.10. The summed E-state index contributed by atoms with van der Waals surface area (Å²) in [4.78, 5) is 10.9. The largest absolute Gasteiger partial charge is 0.411 e. The monoisotopic (exact) mass is 212 g/mol. The van der Waals surface area contributed by atoms with Crippen molar-refractivity contribution in [3.8, 4) is 0 Å². The van der Waals surface area contributed by atoms with Gasteiger partial charge >= 0.3 is 0 Å². The van der Waals surface area contributed by atoms with Gasteiger partial charge < -0.3 is 10.5 Å². The lowest BCUT2D eigenvalue weighted by molar-refractivity contribution is -0.110. The van der Waals surface area contributed by atoms with Gasteiger partial charge in [0.05, 0.1) is 0 Å². The van der Waals surface area contributed by atoms with E-state index in [0.29, 0.717) is 10.7 Å². The van der Waals surface area contributed by atoms with Crippen molar-refractivity contribution in [3.63, 3.8) is 0 Å². The van der Waals surface area contributed by atoms with Gasteiger partial charge in [-0.05, 0) is 24.6 Å². The van der Waals surface area contributed by atoms with Crippen LogP contribution < -0.4 is 5.32 Å². The summed E-state index contributed by atoms with van der Waals surface area (Å²) in [5.74, 6) is -0.507. The number of halogens is 1. The summed E-state index contributed by atoms with van der Waals surface area (Å²) >= 11 is 5.84. The normalized spacial score (nSPS) is 10.4. The van der Waals surface area contributed by atoms with E-state index in [9.17, 15) is 4.79 Å². The van der Waals surface area contributed by atoms with Crippen molar-refractivity contribution in [1.29, 1.82) is 0 Å². The van der Waals surface area contributed by atoms with Crippen molar-refractivity contribution in [1.82, 2.24) is 0 Å². The molecule has 0 fully saturated rings. The maximum Gasteiger partial charge on any atom is 0.270 e. The molecule has 0 aromatic heterocycles. The lowest BCUT2D eigenvalue weighted by Crippen LogP contribution is -2.12. The third-order valence-corrected chi connectivity index (χ3v) is 2.02. The topological polar surface area (TPSA) is 61.7 Å². The highest BCUT2D eigenvalue weighted by molar-refractivity contribution is 6.33. The number of benzene rings is 1. The van der Waals surface area contributed by atoms with Gasteiger partial charge in [0, 0.05) is 10.7 Å². The highest BCUT2D eigenvalue weighted by atomic mass is 35.5. The first-order chi connectivity index (χ1) is 6.63. The summed E-state index contributed by atoms with van der Waals surface area (Å²) in [7, 11) is 0. The van der Waals surface area contributed by atoms with Crippen LogP contribution in [0.1, 0.15) is 5.56 Å². The molecule has 1 aromatic carbocycles. The van der Waals surface area contributed by atoms with Gasteiger partial charge in [0.1, 0.15) is 6.21 Å². The molecule has 4 nitrogen and oxygen atoms in total. The molecule has 0 saturated heterocycles. The number of amides is 1. The summed E-state index contributed by atoms with van der Waals surface area (Å²) in [5, 5.41) is 13.7. The average Bonchev–Trinajstić information content (AvgIpc) is 2.12. The van der Waals surface area contributed by atoms with Gasteiger partial charge in [-0.1, -0.05) is 22.8 Å². The zero-order valence-corrected chi connectivity index (χ0v) is 8.25. The van der Waals surface area contributed by atoms with Crippen LogP contribution in [0, 0.1) is 6.92 Å². The predicted octanol–water partition coefficient (Wildman–Crippen LogP) is 2.05. The number of aryl methyl sites for hydroxylation is 1. The van der Waals surface area contributed by atoms with Crippen LogP contribution in [0.2, 0.25) is 5.02 Å². The molecule has 2 N–H and O–H groups in total. The Bertz CT molecular complexity index is 377. The van der Waals surface area contributed by atoms with E-state index >= 15 is 0 Å². The number of nitrogens with one attached hydrogen (secondary N) is 1. The third-order valence-electron chi connectivity index (χ3n) is 1.61. The number of oxime groups is 1. The zero-order chi connectivity index (χ0) is 10.6. The fourth-order valence-electron chi connectivity index (χ4n) is 0.898. The quantitative estimate of drug-likeness (QED) is 0.448. The Morgan fingerprint density at radius 1 is 1.64 bits per heavy atom. The highest BCUT2D eigenvalue weighted by Gasteiger charge is 2.00. The maximum atomic E-state index is 10.9. The van der Waals surface area contributed by atoms with Crippen molar-refractivity contribution >= 4 is 29.4 Å². The molecule has 0 bridgehead atoms. The number of anilines is 1. The summed E-state index contributed by atoms with van der Waals surface area (Å²) in [5.41, 5.74) is 1.49. The molecule has 0 radical (unpaired) electrons. The molecule has 0 saturated carbocycles. The molecule has 1 amide bonds. The summed E-state index contributed by atoms with van der Waals surface area (Å²) in [6.45, 7) is 1.86. The van der Waals surface area contributed by atoms with Crippen LogP contribution in [0.3, 0.4) is 0 Å². The minimum absolute atomic E-state index is 0.507. The summed E-state index contributed by atoms with van der Waals surface area (Å²) in [6, 6.07) is 5.12. The van der Waals surface area contributed by atoms with Crippen LogP contribution in [0.5, 0.6) is 0 Å². The number of hydrogen-bond acceptors (Lipinski definition) is 3. The van der Waals surface area contributed by atoms with E-state index in [4.69, 9.17) is 16.8 Å². The molecule has 0 atom stereocenters. The molecular formula is C9H9ClN2O2. The first-order valence-electron chi connectivity index (χ1n) is 3.88. The van der Waals surface area contributed by atoms with E-state index < -0.39 is 5.91 Å². The Labute approximate surface area is 86.2 Å². The second-order valence-electron chi connectivity index (χ2n) is 2.70. The van der Waals surface area contributed by atoms with E-state index in [1.807, 2.05) is 6.92 Å². The van der Waals surface area contributed by atoms with Gasteiger partial charge in [-0.25, -0.2) is 0 Å². The molecular weight excluding hydrogens is 204 g/mol. The van der Waals surface area contributed by atoms with E-state index in [-0.39, 0.29) is 0 Å².